The van der Waals surface area contributed by atoms with E-state index in [0.29, 0.717) is 35.1 Å². The summed E-state index contributed by atoms with van der Waals surface area (Å²) >= 11 is 0. The number of nitrogens with one attached hydrogen (secondary N) is 1. The van der Waals surface area contributed by atoms with E-state index >= 15 is 4.79 Å². The molecule has 6 aliphatic rings. The molecule has 366 valence electrons. The van der Waals surface area contributed by atoms with Crippen LogP contribution in [0, 0.1) is 10.8 Å². The van der Waals surface area contributed by atoms with Crippen LogP contribution in [0.2, 0.25) is 0 Å². The SMILES string of the molecule is CC(C)(C)OC(=O)CC[C@@H](CO)NC(=O)[C@H]1CCCN1C(=O)[C@@]12C[C@H]3OC(=O)[C@@H]1N(Cc1ccccc1C=CC(=O)O[C@H]1C(=O)OCC1(C)C)O[C@@H]2[C@H]1OC(c2ccccc2)(c2ccccc2)O[C@H]13. The first-order chi connectivity index (χ1) is 32.9. The van der Waals surface area contributed by atoms with E-state index < -0.39 is 113 Å². The number of aliphatic hydroxyl groups is 1. The van der Waals surface area contributed by atoms with Gasteiger partial charge in [0, 0.05) is 42.0 Å². The Morgan fingerprint density at radius 2 is 1.58 bits per heavy atom. The number of carbonyl (C=O) groups excluding carboxylic acids is 6. The molecule has 3 aromatic rings. The molecule has 1 aliphatic carbocycles. The van der Waals surface area contributed by atoms with Gasteiger partial charge < -0.3 is 43.7 Å². The number of aliphatic hydroxyl groups excluding tert-OH is 1. The zero-order valence-electron chi connectivity index (χ0n) is 39.4. The molecule has 0 unspecified atom stereocenters. The molecule has 0 aromatic heterocycles. The highest BCUT2D eigenvalue weighted by molar-refractivity contribution is 5.97. The van der Waals surface area contributed by atoms with Crippen LogP contribution in [0.25, 0.3) is 6.08 Å². The minimum atomic E-state index is -1.65. The first kappa shape index (κ1) is 48.1. The van der Waals surface area contributed by atoms with E-state index in [1.807, 2.05) is 60.7 Å². The second kappa shape index (κ2) is 18.7. The molecular formula is C52H59N3O14. The molecule has 9 atom stereocenters. The lowest BCUT2D eigenvalue weighted by molar-refractivity contribution is -0.214. The van der Waals surface area contributed by atoms with Gasteiger partial charge in [-0.2, -0.15) is 5.06 Å². The second-order valence-corrected chi connectivity index (χ2v) is 20.4. The Labute approximate surface area is 400 Å². The fourth-order valence-corrected chi connectivity index (χ4v) is 10.7. The maximum atomic E-state index is 15.8. The Morgan fingerprint density at radius 3 is 2.23 bits per heavy atom. The van der Waals surface area contributed by atoms with E-state index in [2.05, 4.69) is 5.32 Å². The Bertz CT molecular complexity index is 2450. The number of hydroxylamine groups is 2. The molecule has 17 nitrogen and oxygen atoms in total. The van der Waals surface area contributed by atoms with E-state index in [4.69, 9.17) is 33.3 Å². The molecule has 0 radical (unpaired) electrons. The maximum Gasteiger partial charge on any atom is 0.348 e. The Kier molecular flexibility index (Phi) is 13.0. The van der Waals surface area contributed by atoms with Crippen molar-refractivity contribution in [3.63, 3.8) is 0 Å². The van der Waals surface area contributed by atoms with Gasteiger partial charge >= 0.3 is 23.9 Å². The zero-order valence-corrected chi connectivity index (χ0v) is 39.4. The standard InChI is InChI=1S/C52H59N3O14/c1-49(2,3)66-39(58)25-23-35(29-56)53-45(59)36-21-14-26-54(36)48(62)51-27-37-40-41(68-52(67-40,33-17-8-6-9-18-33)34-19-10-7-11-20-34)43(51)69-55(42(51)46(60)64-37)28-32-16-13-12-15-31(32)22-24-38(57)65-44-47(61)63-30-50(44,4)5/h6-13,15-20,22,24,35-37,40-44,56H,14,21,23,25-30H2,1-5H3,(H,53,59)/t35-,36+,37+,40-,41-,42-,43+,44-,51-/m0/s1. The topological polar surface area (TPSA) is 206 Å². The molecule has 5 saturated heterocycles. The molecule has 5 aliphatic heterocycles. The van der Waals surface area contributed by atoms with Crippen molar-refractivity contribution in [2.45, 2.75) is 133 Å². The number of fused-ring (bicyclic) bond motifs is 4. The predicted octanol–water partition coefficient (Wildman–Crippen LogP) is 4.27. The molecular weight excluding hydrogens is 891 g/mol. The van der Waals surface area contributed by atoms with Gasteiger partial charge in [-0.3, -0.25) is 24.0 Å². The third-order valence-corrected chi connectivity index (χ3v) is 13.9. The lowest BCUT2D eigenvalue weighted by Gasteiger charge is -2.50. The maximum absolute atomic E-state index is 15.8. The lowest BCUT2D eigenvalue weighted by Crippen LogP contribution is -2.70. The van der Waals surface area contributed by atoms with Crippen molar-refractivity contribution in [2.24, 2.45) is 10.8 Å². The van der Waals surface area contributed by atoms with Crippen molar-refractivity contribution >= 4 is 41.8 Å². The van der Waals surface area contributed by atoms with Crippen LogP contribution in [-0.4, -0.2) is 125 Å². The molecule has 1 saturated carbocycles. The van der Waals surface area contributed by atoms with Gasteiger partial charge in [0.15, 0.2) is 6.04 Å². The molecule has 2 amide bonds. The lowest BCUT2D eigenvalue weighted by atomic mass is 9.62. The number of ether oxygens (including phenoxy) is 6. The molecule has 2 N–H and O–H groups in total. The van der Waals surface area contributed by atoms with Gasteiger partial charge in [-0.15, -0.1) is 0 Å². The van der Waals surface area contributed by atoms with Crippen LogP contribution >= 0.6 is 0 Å². The molecule has 3 aromatic carbocycles. The number of esters is 4. The molecule has 69 heavy (non-hydrogen) atoms. The minimum absolute atomic E-state index is 0.0130. The van der Waals surface area contributed by atoms with E-state index in [1.165, 1.54) is 16.0 Å². The summed E-state index contributed by atoms with van der Waals surface area (Å²) in [7, 11) is 0. The number of benzene rings is 3. The highest BCUT2D eigenvalue weighted by Crippen LogP contribution is 2.60. The van der Waals surface area contributed by atoms with Crippen molar-refractivity contribution in [2.75, 3.05) is 19.8 Å². The van der Waals surface area contributed by atoms with E-state index in [1.54, 1.807) is 65.0 Å². The number of hydrogen-bond donors (Lipinski definition) is 2. The van der Waals surface area contributed by atoms with Gasteiger partial charge in [-0.25, -0.2) is 9.59 Å². The number of carbonyl (C=O) groups is 6. The molecule has 0 spiro atoms. The van der Waals surface area contributed by atoms with Gasteiger partial charge in [0.1, 0.15) is 48.1 Å². The smallest absolute Gasteiger partial charge is 0.348 e. The minimum Gasteiger partial charge on any atom is -0.462 e. The van der Waals surface area contributed by atoms with Gasteiger partial charge in [0.25, 0.3) is 0 Å². The normalized spacial score (nSPS) is 29.2. The fourth-order valence-electron chi connectivity index (χ4n) is 10.7. The average Bonchev–Trinajstić information content (AvgIpc) is 4.12. The Morgan fingerprint density at radius 1 is 0.913 bits per heavy atom. The summed E-state index contributed by atoms with van der Waals surface area (Å²) in [6, 6.07) is 22.8. The Balaban J connectivity index is 1.05. The molecule has 6 fully saturated rings. The monoisotopic (exact) mass is 949 g/mol. The summed E-state index contributed by atoms with van der Waals surface area (Å²) in [5.41, 5.74) is -0.537. The van der Waals surface area contributed by atoms with Crippen LogP contribution < -0.4 is 5.32 Å². The number of rotatable bonds is 14. The van der Waals surface area contributed by atoms with Crippen LogP contribution in [-0.2, 0) is 74.4 Å². The number of nitrogens with zero attached hydrogens (tertiary/aromatic N) is 2. The molecule has 2 bridgehead atoms. The van der Waals surface area contributed by atoms with Crippen molar-refractivity contribution in [3.05, 3.63) is 113 Å². The van der Waals surface area contributed by atoms with E-state index in [-0.39, 0.29) is 39.0 Å². The summed E-state index contributed by atoms with van der Waals surface area (Å²) in [5, 5.41) is 14.6. The third-order valence-electron chi connectivity index (χ3n) is 13.9. The third kappa shape index (κ3) is 9.06. The first-order valence-corrected chi connectivity index (χ1v) is 23.6. The summed E-state index contributed by atoms with van der Waals surface area (Å²) in [6.07, 6.45) is -1.43. The summed E-state index contributed by atoms with van der Waals surface area (Å²) in [4.78, 5) is 91.3. The summed E-state index contributed by atoms with van der Waals surface area (Å²) in [5.74, 6) is -5.05. The van der Waals surface area contributed by atoms with Crippen molar-refractivity contribution < 1.29 is 67.1 Å². The molecule has 9 rings (SSSR count). The van der Waals surface area contributed by atoms with Crippen molar-refractivity contribution in [1.82, 2.24) is 15.3 Å². The number of cyclic esters (lactones) is 1. The number of hydrogen-bond acceptors (Lipinski definition) is 15. The Hall–Kier alpha value is -5.98. The first-order valence-electron chi connectivity index (χ1n) is 23.6. The van der Waals surface area contributed by atoms with Crippen molar-refractivity contribution in [1.29, 1.82) is 0 Å². The summed E-state index contributed by atoms with van der Waals surface area (Å²) in [6.45, 7) is 8.61. The quantitative estimate of drug-likeness (QED) is 0.132. The number of amides is 2. The van der Waals surface area contributed by atoms with Gasteiger partial charge in [0.2, 0.25) is 23.7 Å². The number of likely N-dealkylation sites (tertiary alicyclic amines) is 1. The van der Waals surface area contributed by atoms with Crippen LogP contribution in [0.1, 0.15) is 89.0 Å². The van der Waals surface area contributed by atoms with E-state index in [0.717, 1.165) is 0 Å². The second-order valence-electron chi connectivity index (χ2n) is 20.4. The van der Waals surface area contributed by atoms with Crippen LogP contribution in [0.3, 0.4) is 0 Å². The fraction of sp³-hybridized carbons (Fsp3) is 0.500. The van der Waals surface area contributed by atoms with Gasteiger partial charge in [-0.1, -0.05) is 98.8 Å². The summed E-state index contributed by atoms with van der Waals surface area (Å²) < 4.78 is 36.6. The average molecular weight is 950 g/mol. The predicted molar refractivity (Wildman–Crippen MR) is 243 cm³/mol. The van der Waals surface area contributed by atoms with Gasteiger partial charge in [0.05, 0.1) is 19.2 Å². The van der Waals surface area contributed by atoms with Gasteiger partial charge in [-0.05, 0) is 57.2 Å². The van der Waals surface area contributed by atoms with Crippen molar-refractivity contribution in [3.8, 4) is 0 Å². The highest BCUT2D eigenvalue weighted by Gasteiger charge is 2.77. The van der Waals surface area contributed by atoms with Crippen LogP contribution in [0.5, 0.6) is 0 Å². The highest BCUT2D eigenvalue weighted by atomic mass is 16.8. The van der Waals surface area contributed by atoms with E-state index in [9.17, 15) is 29.1 Å². The largest absolute Gasteiger partial charge is 0.462 e. The van der Waals surface area contributed by atoms with Crippen LogP contribution in [0.4, 0.5) is 0 Å². The zero-order chi connectivity index (χ0) is 48.9. The molecule has 5 heterocycles. The molecule has 17 heteroatoms. The van der Waals surface area contributed by atoms with Crippen LogP contribution in [0.15, 0.2) is 91.0 Å².